The van der Waals surface area contributed by atoms with Crippen LogP contribution in [0.4, 0.5) is 5.13 Å². The summed E-state index contributed by atoms with van der Waals surface area (Å²) in [6.45, 7) is 6.73. The first kappa shape index (κ1) is 17.0. The largest absolute Gasteiger partial charge is 0.465 e. The van der Waals surface area contributed by atoms with E-state index in [-0.39, 0.29) is 5.15 Å². The second-order valence-electron chi connectivity index (χ2n) is 5.98. The van der Waals surface area contributed by atoms with Crippen molar-refractivity contribution >= 4 is 34.0 Å². The Morgan fingerprint density at radius 1 is 1.43 bits per heavy atom. The number of esters is 1. The van der Waals surface area contributed by atoms with Crippen molar-refractivity contribution in [3.63, 3.8) is 0 Å². The quantitative estimate of drug-likeness (QED) is 0.768. The zero-order valence-corrected chi connectivity index (χ0v) is 14.9. The number of methoxy groups -OCH3 is 1. The van der Waals surface area contributed by atoms with E-state index in [2.05, 4.69) is 14.8 Å². The summed E-state index contributed by atoms with van der Waals surface area (Å²) in [6, 6.07) is 0. The topological polar surface area (TPSA) is 54.9 Å². The number of nitrogens with zero attached hydrogens (tertiary/aromatic N) is 3. The lowest BCUT2D eigenvalue weighted by atomic mass is 9.97. The Bertz CT molecular complexity index is 548. The molecule has 0 spiro atoms. The summed E-state index contributed by atoms with van der Waals surface area (Å²) >= 11 is 7.40. The summed E-state index contributed by atoms with van der Waals surface area (Å²) in [7, 11) is 1.36. The first-order valence-corrected chi connectivity index (χ1v) is 9.16. The number of thiazole rings is 1. The molecule has 2 aliphatic heterocycles. The smallest absolute Gasteiger partial charge is 0.351 e. The maximum Gasteiger partial charge on any atom is 0.351 e. The normalized spacial score (nSPS) is 23.0. The molecule has 1 atom stereocenters. The van der Waals surface area contributed by atoms with E-state index in [1.54, 1.807) is 0 Å². The van der Waals surface area contributed by atoms with Gasteiger partial charge in [0.15, 0.2) is 15.2 Å². The lowest BCUT2D eigenvalue weighted by Gasteiger charge is -2.36. The van der Waals surface area contributed by atoms with Gasteiger partial charge in [0.1, 0.15) is 0 Å². The van der Waals surface area contributed by atoms with Gasteiger partial charge in [-0.3, -0.25) is 4.90 Å². The first-order valence-electron chi connectivity index (χ1n) is 7.97. The molecule has 1 aromatic heterocycles. The van der Waals surface area contributed by atoms with Crippen LogP contribution in [0.5, 0.6) is 0 Å². The van der Waals surface area contributed by atoms with Gasteiger partial charge in [0.25, 0.3) is 0 Å². The zero-order valence-electron chi connectivity index (χ0n) is 13.3. The fraction of sp³-hybridized carbons (Fsp3) is 0.733. The Hall–Kier alpha value is -0.890. The van der Waals surface area contributed by atoms with Crippen LogP contribution < -0.4 is 4.90 Å². The molecule has 0 aromatic carbocycles. The minimum absolute atomic E-state index is 0.243. The fourth-order valence-corrected chi connectivity index (χ4v) is 4.42. The van der Waals surface area contributed by atoms with Crippen molar-refractivity contribution in [1.29, 1.82) is 0 Å². The lowest BCUT2D eigenvalue weighted by molar-refractivity contribution is 0.0296. The molecule has 0 bridgehead atoms. The molecule has 0 amide bonds. The number of piperidine rings is 1. The summed E-state index contributed by atoms with van der Waals surface area (Å²) in [5, 5.41) is 1.06. The van der Waals surface area contributed by atoms with Crippen molar-refractivity contribution in [2.45, 2.75) is 12.8 Å². The monoisotopic (exact) mass is 359 g/mol. The van der Waals surface area contributed by atoms with E-state index < -0.39 is 5.97 Å². The van der Waals surface area contributed by atoms with E-state index in [1.807, 2.05) is 0 Å². The van der Waals surface area contributed by atoms with Crippen molar-refractivity contribution in [2.24, 2.45) is 5.92 Å². The molecule has 3 rings (SSSR count). The summed E-state index contributed by atoms with van der Waals surface area (Å²) < 4.78 is 10.2. The second-order valence-corrected chi connectivity index (χ2v) is 7.31. The number of anilines is 1. The van der Waals surface area contributed by atoms with Crippen molar-refractivity contribution < 1.29 is 14.3 Å². The first-order chi connectivity index (χ1) is 11.2. The molecule has 2 saturated heterocycles. The molecule has 128 valence electrons. The SMILES string of the molecule is COC(=O)c1sc(N2CCCC(CN3CCOCC3)C2)nc1Cl. The van der Waals surface area contributed by atoms with Crippen LogP contribution in [-0.4, -0.2) is 68.9 Å². The third kappa shape index (κ3) is 4.15. The summed E-state index contributed by atoms with van der Waals surface area (Å²) in [6.07, 6.45) is 2.37. The average Bonchev–Trinajstić information content (AvgIpc) is 2.97. The average molecular weight is 360 g/mol. The number of carbonyl (C=O) groups excluding carboxylic acids is 1. The van der Waals surface area contributed by atoms with E-state index in [1.165, 1.54) is 24.9 Å². The molecular formula is C15H22ClN3O3S. The molecule has 0 radical (unpaired) electrons. The molecule has 23 heavy (non-hydrogen) atoms. The van der Waals surface area contributed by atoms with Crippen LogP contribution in [0.1, 0.15) is 22.5 Å². The fourth-order valence-electron chi connectivity index (χ4n) is 3.18. The predicted molar refractivity (Wildman–Crippen MR) is 90.7 cm³/mol. The molecule has 2 fully saturated rings. The number of carbonyl (C=O) groups is 1. The maximum absolute atomic E-state index is 11.7. The molecule has 2 aliphatic rings. The molecule has 1 unspecified atom stereocenters. The summed E-state index contributed by atoms with van der Waals surface area (Å²) in [5.74, 6) is 0.201. The lowest BCUT2D eigenvalue weighted by Crippen LogP contribution is -2.44. The highest BCUT2D eigenvalue weighted by molar-refractivity contribution is 7.18. The van der Waals surface area contributed by atoms with Gasteiger partial charge in [-0.15, -0.1) is 0 Å². The van der Waals surface area contributed by atoms with E-state index >= 15 is 0 Å². The van der Waals surface area contributed by atoms with Crippen LogP contribution in [0.3, 0.4) is 0 Å². The maximum atomic E-state index is 11.7. The van der Waals surface area contributed by atoms with Gasteiger partial charge in [-0.2, -0.15) is 0 Å². The number of hydrogen-bond donors (Lipinski definition) is 0. The third-order valence-electron chi connectivity index (χ3n) is 4.35. The standard InChI is InChI=1S/C15H22ClN3O3S/c1-21-14(20)12-13(16)17-15(23-12)19-4-2-3-11(10-19)9-18-5-7-22-8-6-18/h11H,2-10H2,1H3. The zero-order chi connectivity index (χ0) is 16.2. The Labute approximate surface area is 145 Å². The molecule has 0 aliphatic carbocycles. The Morgan fingerprint density at radius 3 is 2.96 bits per heavy atom. The molecule has 0 N–H and O–H groups in total. The van der Waals surface area contributed by atoms with Gasteiger partial charge < -0.3 is 14.4 Å². The molecule has 8 heteroatoms. The van der Waals surface area contributed by atoms with Crippen LogP contribution in [0.25, 0.3) is 0 Å². The molecule has 3 heterocycles. The van der Waals surface area contributed by atoms with Crippen LogP contribution in [-0.2, 0) is 9.47 Å². The number of rotatable bonds is 4. The minimum atomic E-state index is -0.416. The van der Waals surface area contributed by atoms with Gasteiger partial charge in [-0.25, -0.2) is 9.78 Å². The van der Waals surface area contributed by atoms with Gasteiger partial charge in [-0.05, 0) is 18.8 Å². The van der Waals surface area contributed by atoms with Gasteiger partial charge in [0.2, 0.25) is 0 Å². The van der Waals surface area contributed by atoms with E-state index in [4.69, 9.17) is 21.1 Å². The van der Waals surface area contributed by atoms with Crippen molar-refractivity contribution in [2.75, 3.05) is 57.9 Å². The Balaban J connectivity index is 1.62. The van der Waals surface area contributed by atoms with Crippen LogP contribution in [0.2, 0.25) is 5.15 Å². The van der Waals surface area contributed by atoms with Gasteiger partial charge in [0.05, 0.1) is 20.3 Å². The highest BCUT2D eigenvalue weighted by atomic mass is 35.5. The summed E-state index contributed by atoms with van der Waals surface area (Å²) in [4.78, 5) is 21.2. The number of morpholine rings is 1. The van der Waals surface area contributed by atoms with Gasteiger partial charge in [0, 0.05) is 32.7 Å². The molecule has 0 saturated carbocycles. The van der Waals surface area contributed by atoms with Crippen LogP contribution in [0, 0.1) is 5.92 Å². The van der Waals surface area contributed by atoms with Crippen LogP contribution >= 0.6 is 22.9 Å². The number of ether oxygens (including phenoxy) is 2. The van der Waals surface area contributed by atoms with Gasteiger partial charge >= 0.3 is 5.97 Å². The van der Waals surface area contributed by atoms with Crippen molar-refractivity contribution in [1.82, 2.24) is 9.88 Å². The number of aromatic nitrogens is 1. The van der Waals surface area contributed by atoms with E-state index in [0.717, 1.165) is 57.5 Å². The summed E-state index contributed by atoms with van der Waals surface area (Å²) in [5.41, 5.74) is 0. The molecule has 6 nitrogen and oxygen atoms in total. The van der Waals surface area contributed by atoms with E-state index in [0.29, 0.717) is 10.8 Å². The number of hydrogen-bond acceptors (Lipinski definition) is 7. The van der Waals surface area contributed by atoms with Crippen molar-refractivity contribution in [3.05, 3.63) is 10.0 Å². The van der Waals surface area contributed by atoms with Crippen LogP contribution in [0.15, 0.2) is 0 Å². The van der Waals surface area contributed by atoms with E-state index in [9.17, 15) is 4.79 Å². The highest BCUT2D eigenvalue weighted by Crippen LogP contribution is 2.32. The Morgan fingerprint density at radius 2 is 2.22 bits per heavy atom. The Kier molecular flexibility index (Phi) is 5.74. The predicted octanol–water partition coefficient (Wildman–Crippen LogP) is 2.13. The highest BCUT2D eigenvalue weighted by Gasteiger charge is 2.27. The number of halogens is 1. The van der Waals surface area contributed by atoms with Gasteiger partial charge in [-0.1, -0.05) is 22.9 Å². The molecular weight excluding hydrogens is 338 g/mol. The minimum Gasteiger partial charge on any atom is -0.465 e. The second kappa shape index (κ2) is 7.79. The third-order valence-corrected chi connectivity index (χ3v) is 5.84. The molecule has 1 aromatic rings. The van der Waals surface area contributed by atoms with Crippen molar-refractivity contribution in [3.8, 4) is 0 Å².